The second kappa shape index (κ2) is 11.8. The summed E-state index contributed by atoms with van der Waals surface area (Å²) < 4.78 is 6.26. The van der Waals surface area contributed by atoms with Crippen LogP contribution in [0, 0.1) is 23.7 Å². The van der Waals surface area contributed by atoms with Gasteiger partial charge in [0.1, 0.15) is 11.7 Å². The number of carbonyl (C=O) groups is 2. The molecule has 0 spiro atoms. The standard InChI is InChI=1S/C27H34N4O4/c1-18(2)6-7-22-12-23-26(29-14-22)35-24(19(3)15-31(27(23)34)20(4)17-32)16-30(5)25(33)13-21-8-10-28-11-9-21/h8-12,14,18-20,24,32H,13,15-17H2,1-5H3/t19-,20-,24+/m0/s1. The molecule has 8 nitrogen and oxygen atoms in total. The number of fused-ring (bicyclic) bond motifs is 1. The molecule has 1 N–H and O–H groups in total. The maximum absolute atomic E-state index is 13.4. The topological polar surface area (TPSA) is 95.9 Å². The van der Waals surface area contributed by atoms with Gasteiger partial charge in [-0.25, -0.2) is 4.98 Å². The second-order valence-electron chi connectivity index (χ2n) is 9.43. The normalized spacial score (nSPS) is 18.5. The number of nitrogens with zero attached hydrogens (tertiary/aromatic N) is 4. The molecule has 3 rings (SSSR count). The van der Waals surface area contributed by atoms with Gasteiger partial charge in [-0.1, -0.05) is 32.6 Å². The molecule has 0 fully saturated rings. The summed E-state index contributed by atoms with van der Waals surface area (Å²) in [5.74, 6) is 6.13. The predicted molar refractivity (Wildman–Crippen MR) is 133 cm³/mol. The highest BCUT2D eigenvalue weighted by Gasteiger charge is 2.34. The molecular weight excluding hydrogens is 444 g/mol. The summed E-state index contributed by atoms with van der Waals surface area (Å²) in [5, 5.41) is 9.80. The highest BCUT2D eigenvalue weighted by atomic mass is 16.5. The van der Waals surface area contributed by atoms with Crippen LogP contribution in [-0.4, -0.2) is 75.6 Å². The van der Waals surface area contributed by atoms with Crippen molar-refractivity contribution < 1.29 is 19.4 Å². The SMILES string of the molecule is CC(C)C#Cc1cnc2c(c1)C(=O)N([C@@H](C)CO)C[C@H](C)[C@@H](CN(C)C(=O)Cc1ccncc1)O2. The van der Waals surface area contributed by atoms with E-state index >= 15 is 0 Å². The Morgan fingerprint density at radius 3 is 2.69 bits per heavy atom. The molecular formula is C27H34N4O4. The van der Waals surface area contributed by atoms with Crippen LogP contribution in [0.2, 0.25) is 0 Å². The molecule has 0 unspecified atom stereocenters. The van der Waals surface area contributed by atoms with Gasteiger partial charge in [0.25, 0.3) is 5.91 Å². The van der Waals surface area contributed by atoms with Gasteiger partial charge in [-0.2, -0.15) is 0 Å². The van der Waals surface area contributed by atoms with Gasteiger partial charge in [-0.05, 0) is 30.7 Å². The number of likely N-dealkylation sites (N-methyl/N-ethyl adjacent to an activating group) is 1. The van der Waals surface area contributed by atoms with Gasteiger partial charge in [0.05, 0.1) is 25.6 Å². The summed E-state index contributed by atoms with van der Waals surface area (Å²) in [6, 6.07) is 4.96. The fraction of sp³-hybridized carbons (Fsp3) is 0.481. The van der Waals surface area contributed by atoms with Gasteiger partial charge in [-0.15, -0.1) is 0 Å². The molecule has 0 bridgehead atoms. The summed E-state index contributed by atoms with van der Waals surface area (Å²) in [7, 11) is 1.75. The summed E-state index contributed by atoms with van der Waals surface area (Å²) in [6.45, 7) is 8.31. The molecule has 186 valence electrons. The third-order valence-electron chi connectivity index (χ3n) is 6.01. The van der Waals surface area contributed by atoms with Crippen molar-refractivity contribution >= 4 is 11.8 Å². The Hall–Kier alpha value is -3.44. The zero-order valence-corrected chi connectivity index (χ0v) is 21.1. The number of aliphatic hydroxyl groups excluding tert-OH is 1. The van der Waals surface area contributed by atoms with Crippen LogP contribution in [-0.2, 0) is 11.2 Å². The van der Waals surface area contributed by atoms with Crippen LogP contribution in [0.15, 0.2) is 36.8 Å². The van der Waals surface area contributed by atoms with Crippen molar-refractivity contribution in [1.29, 1.82) is 0 Å². The average molecular weight is 479 g/mol. The Morgan fingerprint density at radius 1 is 1.31 bits per heavy atom. The molecule has 3 heterocycles. The van der Waals surface area contributed by atoms with Gasteiger partial charge in [0.2, 0.25) is 11.8 Å². The average Bonchev–Trinajstić information content (AvgIpc) is 2.84. The van der Waals surface area contributed by atoms with E-state index in [1.165, 1.54) is 0 Å². The van der Waals surface area contributed by atoms with Crippen LogP contribution >= 0.6 is 0 Å². The first-order valence-corrected chi connectivity index (χ1v) is 11.9. The lowest BCUT2D eigenvalue weighted by molar-refractivity contribution is -0.130. The second-order valence-corrected chi connectivity index (χ2v) is 9.43. The molecule has 1 aliphatic rings. The molecule has 2 amide bonds. The minimum absolute atomic E-state index is 0.0433. The quantitative estimate of drug-likeness (QED) is 0.641. The van der Waals surface area contributed by atoms with Gasteiger partial charge < -0.3 is 19.6 Å². The molecule has 2 aromatic rings. The Balaban J connectivity index is 1.89. The van der Waals surface area contributed by atoms with Crippen LogP contribution in [0.1, 0.15) is 49.2 Å². The van der Waals surface area contributed by atoms with Gasteiger partial charge in [0, 0.05) is 49.6 Å². The number of carbonyl (C=O) groups excluding carboxylic acids is 2. The van der Waals surface area contributed by atoms with Crippen LogP contribution < -0.4 is 4.74 Å². The summed E-state index contributed by atoms with van der Waals surface area (Å²) >= 11 is 0. The number of aliphatic hydroxyl groups is 1. The van der Waals surface area contributed by atoms with Crippen LogP contribution in [0.5, 0.6) is 5.88 Å². The fourth-order valence-electron chi connectivity index (χ4n) is 3.80. The molecule has 1 aliphatic heterocycles. The number of amides is 2. The van der Waals surface area contributed by atoms with E-state index in [1.54, 1.807) is 41.5 Å². The third-order valence-corrected chi connectivity index (χ3v) is 6.01. The molecule has 35 heavy (non-hydrogen) atoms. The summed E-state index contributed by atoms with van der Waals surface area (Å²) in [4.78, 5) is 38.0. The Bertz CT molecular complexity index is 1090. The third kappa shape index (κ3) is 6.80. The van der Waals surface area contributed by atoms with Crippen LogP contribution in [0.4, 0.5) is 0 Å². The van der Waals surface area contributed by atoms with Crippen molar-refractivity contribution in [2.75, 3.05) is 26.7 Å². The number of hydrogen-bond acceptors (Lipinski definition) is 6. The lowest BCUT2D eigenvalue weighted by atomic mass is 9.99. The van der Waals surface area contributed by atoms with E-state index in [4.69, 9.17) is 4.74 Å². The Morgan fingerprint density at radius 2 is 2.03 bits per heavy atom. The van der Waals surface area contributed by atoms with Crippen LogP contribution in [0.25, 0.3) is 0 Å². The zero-order chi connectivity index (χ0) is 25.5. The monoisotopic (exact) mass is 478 g/mol. The maximum Gasteiger partial charge on any atom is 0.259 e. The summed E-state index contributed by atoms with van der Waals surface area (Å²) in [6.07, 6.45) is 4.79. The van der Waals surface area contributed by atoms with Crippen molar-refractivity contribution in [3.8, 4) is 17.7 Å². The van der Waals surface area contributed by atoms with Crippen molar-refractivity contribution in [2.24, 2.45) is 11.8 Å². The molecule has 0 aromatic carbocycles. The lowest BCUT2D eigenvalue weighted by Gasteiger charge is -2.37. The lowest BCUT2D eigenvalue weighted by Crippen LogP contribution is -2.50. The van der Waals surface area contributed by atoms with E-state index in [0.29, 0.717) is 24.2 Å². The van der Waals surface area contributed by atoms with Crippen molar-refractivity contribution in [2.45, 2.75) is 46.3 Å². The van der Waals surface area contributed by atoms with Gasteiger partial charge in [0.15, 0.2) is 0 Å². The first-order chi connectivity index (χ1) is 16.7. The van der Waals surface area contributed by atoms with Crippen molar-refractivity contribution in [3.63, 3.8) is 0 Å². The predicted octanol–water partition coefficient (Wildman–Crippen LogP) is 2.41. The van der Waals surface area contributed by atoms with E-state index in [2.05, 4.69) is 21.8 Å². The highest BCUT2D eigenvalue weighted by Crippen LogP contribution is 2.27. The Kier molecular flexibility index (Phi) is 8.83. The first-order valence-electron chi connectivity index (χ1n) is 11.9. The molecule has 8 heteroatoms. The number of hydrogen-bond donors (Lipinski definition) is 1. The van der Waals surface area contributed by atoms with Crippen molar-refractivity contribution in [3.05, 3.63) is 53.5 Å². The minimum Gasteiger partial charge on any atom is -0.472 e. The molecule has 0 aliphatic carbocycles. The zero-order valence-electron chi connectivity index (χ0n) is 21.1. The number of aromatic nitrogens is 2. The smallest absolute Gasteiger partial charge is 0.259 e. The minimum atomic E-state index is -0.401. The number of ether oxygens (including phenoxy) is 1. The molecule has 3 atom stereocenters. The molecule has 0 saturated heterocycles. The number of rotatable bonds is 6. The van der Waals surface area contributed by atoms with Crippen LogP contribution in [0.3, 0.4) is 0 Å². The van der Waals surface area contributed by atoms with E-state index in [0.717, 1.165) is 5.56 Å². The molecule has 0 saturated carbocycles. The van der Waals surface area contributed by atoms with E-state index in [1.807, 2.05) is 39.8 Å². The van der Waals surface area contributed by atoms with Gasteiger partial charge in [-0.3, -0.25) is 14.6 Å². The van der Waals surface area contributed by atoms with Crippen molar-refractivity contribution in [1.82, 2.24) is 19.8 Å². The highest BCUT2D eigenvalue weighted by molar-refractivity contribution is 5.97. The largest absolute Gasteiger partial charge is 0.472 e. The van der Waals surface area contributed by atoms with E-state index in [9.17, 15) is 14.7 Å². The Labute approximate surface area is 207 Å². The molecule has 2 aromatic heterocycles. The fourth-order valence-corrected chi connectivity index (χ4v) is 3.80. The molecule has 0 radical (unpaired) electrons. The van der Waals surface area contributed by atoms with E-state index < -0.39 is 6.10 Å². The maximum atomic E-state index is 13.4. The first kappa shape index (κ1) is 26.2. The van der Waals surface area contributed by atoms with E-state index in [-0.39, 0.29) is 48.6 Å². The summed E-state index contributed by atoms with van der Waals surface area (Å²) in [5.41, 5.74) is 1.82. The number of pyridine rings is 2. The van der Waals surface area contributed by atoms with Gasteiger partial charge >= 0.3 is 0 Å².